The monoisotopic (exact) mass is 434 g/mol. The molecule has 0 spiro atoms. The number of esters is 1. The quantitative estimate of drug-likeness (QED) is 0.592. The van der Waals surface area contributed by atoms with E-state index in [1.165, 1.54) is 26.2 Å². The molecule has 0 amide bonds. The highest BCUT2D eigenvalue weighted by molar-refractivity contribution is 5.66. The number of carboxylic acid groups (broad SMARTS) is 1. The number of ether oxygens (including phenoxy) is 1. The fraction of sp³-hybridized carbons (Fsp3) is 0.923. The molecular formula is C26H42O5. The highest BCUT2D eigenvalue weighted by Crippen LogP contribution is 2.68. The summed E-state index contributed by atoms with van der Waals surface area (Å²) in [4.78, 5) is 22.6. The van der Waals surface area contributed by atoms with Crippen molar-refractivity contribution in [3.8, 4) is 0 Å². The Bertz CT molecular complexity index is 706. The van der Waals surface area contributed by atoms with Crippen molar-refractivity contribution in [2.75, 3.05) is 0 Å². The molecule has 10 atom stereocenters. The normalized spacial score (nSPS) is 47.6. The van der Waals surface area contributed by atoms with Crippen LogP contribution in [0.4, 0.5) is 0 Å². The van der Waals surface area contributed by atoms with Gasteiger partial charge in [-0.1, -0.05) is 20.8 Å². The van der Waals surface area contributed by atoms with Crippen LogP contribution in [0.25, 0.3) is 0 Å². The van der Waals surface area contributed by atoms with Crippen molar-refractivity contribution in [2.24, 2.45) is 46.3 Å². The van der Waals surface area contributed by atoms with Crippen molar-refractivity contribution in [1.82, 2.24) is 0 Å². The molecule has 3 unspecified atom stereocenters. The van der Waals surface area contributed by atoms with E-state index in [1.54, 1.807) is 0 Å². The molecule has 4 rings (SSSR count). The molecule has 4 saturated carbocycles. The molecule has 0 aliphatic heterocycles. The maximum absolute atomic E-state index is 11.6. The number of carbonyl (C=O) groups is 2. The Morgan fingerprint density at radius 3 is 2.48 bits per heavy atom. The van der Waals surface area contributed by atoms with Gasteiger partial charge in [0, 0.05) is 13.3 Å². The lowest BCUT2D eigenvalue weighted by Gasteiger charge is -2.62. The van der Waals surface area contributed by atoms with Gasteiger partial charge in [-0.3, -0.25) is 9.59 Å². The average molecular weight is 435 g/mol. The summed E-state index contributed by atoms with van der Waals surface area (Å²) in [6.07, 6.45) is 9.32. The Hall–Kier alpha value is -1.10. The number of rotatable bonds is 5. The molecule has 0 saturated heterocycles. The molecule has 0 bridgehead atoms. The van der Waals surface area contributed by atoms with Crippen LogP contribution < -0.4 is 0 Å². The molecule has 5 heteroatoms. The van der Waals surface area contributed by atoms with Crippen molar-refractivity contribution in [3.05, 3.63) is 0 Å². The Kier molecular flexibility index (Phi) is 6.22. The third-order valence-corrected chi connectivity index (χ3v) is 10.6. The van der Waals surface area contributed by atoms with Crippen molar-refractivity contribution >= 4 is 11.9 Å². The predicted octanol–water partition coefficient (Wildman–Crippen LogP) is 5.05. The summed E-state index contributed by atoms with van der Waals surface area (Å²) in [6.45, 7) is 8.49. The molecule has 0 aromatic rings. The molecule has 4 fully saturated rings. The number of carboxylic acids is 1. The van der Waals surface area contributed by atoms with Gasteiger partial charge in [-0.15, -0.1) is 0 Å². The topological polar surface area (TPSA) is 83.8 Å². The Labute approximate surface area is 187 Å². The zero-order valence-electron chi connectivity index (χ0n) is 19.8. The summed E-state index contributed by atoms with van der Waals surface area (Å²) in [6, 6.07) is 0. The second-order valence-corrected chi connectivity index (χ2v) is 11.9. The number of aliphatic hydroxyl groups excluding tert-OH is 1. The van der Waals surface area contributed by atoms with E-state index in [0.717, 1.165) is 32.1 Å². The summed E-state index contributed by atoms with van der Waals surface area (Å²) >= 11 is 0. The van der Waals surface area contributed by atoms with Crippen molar-refractivity contribution in [3.63, 3.8) is 0 Å². The van der Waals surface area contributed by atoms with Crippen LogP contribution in [0.5, 0.6) is 0 Å². The van der Waals surface area contributed by atoms with Gasteiger partial charge in [0.05, 0.1) is 6.10 Å². The molecule has 4 aliphatic rings. The highest BCUT2D eigenvalue weighted by atomic mass is 16.5. The van der Waals surface area contributed by atoms with Crippen molar-refractivity contribution < 1.29 is 24.5 Å². The first-order valence-corrected chi connectivity index (χ1v) is 12.6. The number of fused-ring (bicyclic) bond motifs is 5. The van der Waals surface area contributed by atoms with E-state index in [0.29, 0.717) is 41.9 Å². The van der Waals surface area contributed by atoms with Crippen LogP contribution in [0.3, 0.4) is 0 Å². The highest BCUT2D eigenvalue weighted by Gasteiger charge is 2.63. The lowest BCUT2D eigenvalue weighted by molar-refractivity contribution is -0.181. The van der Waals surface area contributed by atoms with Gasteiger partial charge in [0.2, 0.25) is 0 Å². The lowest BCUT2D eigenvalue weighted by Crippen LogP contribution is -2.59. The van der Waals surface area contributed by atoms with E-state index in [-0.39, 0.29) is 35.4 Å². The maximum atomic E-state index is 11.6. The van der Waals surface area contributed by atoms with Crippen LogP contribution in [0.2, 0.25) is 0 Å². The van der Waals surface area contributed by atoms with Gasteiger partial charge in [-0.25, -0.2) is 0 Å². The summed E-state index contributed by atoms with van der Waals surface area (Å²) in [5, 5.41) is 20.7. The molecule has 0 radical (unpaired) electrons. The Morgan fingerprint density at radius 1 is 1.06 bits per heavy atom. The van der Waals surface area contributed by atoms with Gasteiger partial charge in [0.1, 0.15) is 6.10 Å². The summed E-state index contributed by atoms with van der Waals surface area (Å²) in [5.41, 5.74) is 0.145. The fourth-order valence-corrected chi connectivity index (χ4v) is 9.04. The van der Waals surface area contributed by atoms with Crippen LogP contribution in [-0.4, -0.2) is 34.4 Å². The van der Waals surface area contributed by atoms with E-state index < -0.39 is 5.97 Å². The molecule has 0 aromatic carbocycles. The second kappa shape index (κ2) is 8.35. The minimum Gasteiger partial charge on any atom is -0.481 e. The largest absolute Gasteiger partial charge is 0.481 e. The number of aliphatic carboxylic acids is 1. The first kappa shape index (κ1) is 23.1. The van der Waals surface area contributed by atoms with E-state index in [9.17, 15) is 14.7 Å². The third-order valence-electron chi connectivity index (χ3n) is 10.6. The Balaban J connectivity index is 1.52. The van der Waals surface area contributed by atoms with Gasteiger partial charge in [-0.05, 0) is 104 Å². The maximum Gasteiger partial charge on any atom is 0.303 e. The zero-order valence-corrected chi connectivity index (χ0v) is 19.8. The molecule has 0 aromatic heterocycles. The van der Waals surface area contributed by atoms with Gasteiger partial charge < -0.3 is 14.9 Å². The van der Waals surface area contributed by atoms with Crippen LogP contribution in [0.1, 0.15) is 91.9 Å². The van der Waals surface area contributed by atoms with Crippen molar-refractivity contribution in [2.45, 2.75) is 104 Å². The van der Waals surface area contributed by atoms with E-state index in [2.05, 4.69) is 20.8 Å². The molecule has 4 aliphatic carbocycles. The number of carbonyl (C=O) groups excluding carboxylic acids is 1. The molecule has 31 heavy (non-hydrogen) atoms. The molecule has 0 heterocycles. The van der Waals surface area contributed by atoms with Crippen LogP contribution in [0.15, 0.2) is 0 Å². The van der Waals surface area contributed by atoms with E-state index in [1.807, 2.05) is 0 Å². The minimum absolute atomic E-state index is 0.0665. The number of hydrogen-bond donors (Lipinski definition) is 2. The molecule has 2 N–H and O–H groups in total. The lowest BCUT2D eigenvalue weighted by atomic mass is 9.43. The first-order chi connectivity index (χ1) is 14.6. The summed E-state index contributed by atoms with van der Waals surface area (Å²) in [7, 11) is 0. The number of aliphatic hydroxyl groups is 1. The smallest absolute Gasteiger partial charge is 0.303 e. The van der Waals surface area contributed by atoms with Gasteiger partial charge in [0.15, 0.2) is 0 Å². The van der Waals surface area contributed by atoms with Gasteiger partial charge in [-0.2, -0.15) is 0 Å². The standard InChI is InChI=1S/C26H42O5/c1-15(5-10-24(29)30)20-8-9-21-19-7-6-17-13-18(31-16(2)27)11-12-25(17,3)22(19)14-23(28)26(20,21)4/h15,17-23,28H,5-14H2,1-4H3,(H,29,30)/t15-,17-,18-,19?,20-,21+,22?,23?,25+,26-/m1/s1. The average Bonchev–Trinajstić information content (AvgIpc) is 3.06. The van der Waals surface area contributed by atoms with Crippen molar-refractivity contribution in [1.29, 1.82) is 0 Å². The zero-order chi connectivity index (χ0) is 22.6. The van der Waals surface area contributed by atoms with Crippen LogP contribution >= 0.6 is 0 Å². The van der Waals surface area contributed by atoms with Gasteiger partial charge >= 0.3 is 11.9 Å². The third kappa shape index (κ3) is 3.83. The van der Waals surface area contributed by atoms with E-state index >= 15 is 0 Å². The minimum atomic E-state index is -0.716. The van der Waals surface area contributed by atoms with E-state index in [4.69, 9.17) is 9.84 Å². The second-order valence-electron chi connectivity index (χ2n) is 11.9. The predicted molar refractivity (Wildman–Crippen MR) is 118 cm³/mol. The van der Waals surface area contributed by atoms with Gasteiger partial charge in [0.25, 0.3) is 0 Å². The van der Waals surface area contributed by atoms with Crippen LogP contribution in [0, 0.1) is 46.3 Å². The fourth-order valence-electron chi connectivity index (χ4n) is 9.04. The molecular weight excluding hydrogens is 392 g/mol. The SMILES string of the molecule is CC(=O)O[C@@H]1CC[C@]2(C)C3CC(O)[C@]4(C)[C@@H]([C@H](C)CCC(=O)O)CC[C@H]4C3CC[C@@H]2C1. The summed E-state index contributed by atoms with van der Waals surface area (Å²) in [5.74, 6) is 2.20. The summed E-state index contributed by atoms with van der Waals surface area (Å²) < 4.78 is 5.58. The first-order valence-electron chi connectivity index (χ1n) is 12.6. The molecule has 176 valence electrons. The molecule has 5 nitrogen and oxygen atoms in total. The number of hydrogen-bond acceptors (Lipinski definition) is 4. The Morgan fingerprint density at radius 2 is 1.81 bits per heavy atom. The van der Waals surface area contributed by atoms with Crippen LogP contribution in [-0.2, 0) is 14.3 Å².